The smallest absolute Gasteiger partial charge is 0.257 e. The van der Waals surface area contributed by atoms with E-state index in [-0.39, 0.29) is 17.3 Å². The third-order valence-corrected chi connectivity index (χ3v) is 5.88. The van der Waals surface area contributed by atoms with Crippen LogP contribution in [0.1, 0.15) is 29.0 Å². The van der Waals surface area contributed by atoms with Gasteiger partial charge in [-0.25, -0.2) is 9.37 Å². The fraction of sp³-hybridized carbons (Fsp3) is 0.500. The molecule has 1 atom stereocenters. The molecule has 2 aromatic heterocycles. The fourth-order valence-corrected chi connectivity index (χ4v) is 4.18. The molecule has 1 amide bonds. The molecule has 2 saturated heterocycles. The van der Waals surface area contributed by atoms with Crippen LogP contribution in [0.3, 0.4) is 0 Å². The molecule has 1 spiro atoms. The molecule has 0 aliphatic carbocycles. The normalized spacial score (nSPS) is 21.9. The van der Waals surface area contributed by atoms with Crippen LogP contribution < -0.4 is 4.74 Å². The minimum Gasteiger partial charge on any atom is -0.475 e. The van der Waals surface area contributed by atoms with Gasteiger partial charge in [-0.15, -0.1) is 0 Å². The molecular weight excluding hydrogens is 349 g/mol. The summed E-state index contributed by atoms with van der Waals surface area (Å²) in [5, 5.41) is 0. The van der Waals surface area contributed by atoms with Gasteiger partial charge in [0.05, 0.1) is 24.0 Å². The van der Waals surface area contributed by atoms with E-state index in [0.717, 1.165) is 19.4 Å². The number of aryl methyl sites for hydroxylation is 1. The molecule has 7 heteroatoms. The van der Waals surface area contributed by atoms with Crippen molar-refractivity contribution in [1.29, 1.82) is 0 Å². The monoisotopic (exact) mass is 373 g/mol. The van der Waals surface area contributed by atoms with Gasteiger partial charge in [0.2, 0.25) is 5.88 Å². The summed E-state index contributed by atoms with van der Waals surface area (Å²) in [5.41, 5.74) is 0.608. The Hall–Kier alpha value is -2.41. The number of amides is 1. The molecule has 0 aromatic carbocycles. The average molecular weight is 373 g/mol. The first-order valence-electron chi connectivity index (χ1n) is 9.26. The van der Waals surface area contributed by atoms with Gasteiger partial charge in [-0.1, -0.05) is 0 Å². The van der Waals surface area contributed by atoms with Crippen LogP contribution in [0.15, 0.2) is 35.1 Å². The van der Waals surface area contributed by atoms with Crippen LogP contribution in [0.2, 0.25) is 0 Å². The molecule has 2 fully saturated rings. The van der Waals surface area contributed by atoms with Crippen molar-refractivity contribution in [1.82, 2.24) is 14.8 Å². The summed E-state index contributed by atoms with van der Waals surface area (Å²) in [7, 11) is 2.11. The van der Waals surface area contributed by atoms with E-state index in [2.05, 4.69) is 16.9 Å². The largest absolute Gasteiger partial charge is 0.475 e. The Morgan fingerprint density at radius 2 is 2.26 bits per heavy atom. The van der Waals surface area contributed by atoms with E-state index in [1.807, 2.05) is 4.90 Å². The van der Waals surface area contributed by atoms with Crippen LogP contribution in [0, 0.1) is 18.7 Å². The number of rotatable bonds is 4. The minimum absolute atomic E-state index is 0.0224. The minimum atomic E-state index is -0.434. The Labute approximate surface area is 157 Å². The number of hydrogen-bond acceptors (Lipinski definition) is 5. The van der Waals surface area contributed by atoms with Gasteiger partial charge in [0, 0.05) is 19.3 Å². The molecule has 0 bridgehead atoms. The number of hydrogen-bond donors (Lipinski definition) is 0. The maximum absolute atomic E-state index is 13.7. The van der Waals surface area contributed by atoms with E-state index in [4.69, 9.17) is 9.15 Å². The number of carbonyl (C=O) groups is 1. The summed E-state index contributed by atoms with van der Waals surface area (Å²) in [5.74, 6) is 0.619. The lowest BCUT2D eigenvalue weighted by molar-refractivity contribution is -0.0697. The van der Waals surface area contributed by atoms with Crippen LogP contribution in [0.25, 0.3) is 0 Å². The summed E-state index contributed by atoms with van der Waals surface area (Å²) in [6.07, 6.45) is 4.99. The maximum atomic E-state index is 13.7. The quantitative estimate of drug-likeness (QED) is 0.825. The van der Waals surface area contributed by atoms with Gasteiger partial charge in [-0.2, -0.15) is 0 Å². The molecule has 4 heterocycles. The molecular formula is C20H24FN3O3. The summed E-state index contributed by atoms with van der Waals surface area (Å²) < 4.78 is 24.6. The fourth-order valence-electron chi connectivity index (χ4n) is 4.18. The SMILES string of the molecule is Cc1occc1C(=O)N1CC2(C[C@@H](COc3ncccc3F)CCN2C)C1. The second-order valence-corrected chi connectivity index (χ2v) is 7.66. The third-order valence-electron chi connectivity index (χ3n) is 5.88. The van der Waals surface area contributed by atoms with E-state index >= 15 is 0 Å². The lowest BCUT2D eigenvalue weighted by atomic mass is 9.75. The molecule has 2 aliphatic heterocycles. The maximum Gasteiger partial charge on any atom is 0.257 e. The van der Waals surface area contributed by atoms with Crippen molar-refractivity contribution in [3.8, 4) is 5.88 Å². The number of aromatic nitrogens is 1. The predicted octanol–water partition coefficient (Wildman–Crippen LogP) is 2.74. The van der Waals surface area contributed by atoms with Crippen LogP contribution in [-0.4, -0.2) is 59.5 Å². The first-order chi connectivity index (χ1) is 13.0. The van der Waals surface area contributed by atoms with Gasteiger partial charge < -0.3 is 14.1 Å². The van der Waals surface area contributed by atoms with E-state index in [0.29, 0.717) is 36.9 Å². The van der Waals surface area contributed by atoms with Gasteiger partial charge >= 0.3 is 0 Å². The van der Waals surface area contributed by atoms with Crippen LogP contribution >= 0.6 is 0 Å². The van der Waals surface area contributed by atoms with Crippen molar-refractivity contribution in [2.75, 3.05) is 33.3 Å². The van der Waals surface area contributed by atoms with Gasteiger partial charge in [-0.3, -0.25) is 9.69 Å². The predicted molar refractivity (Wildman–Crippen MR) is 97.1 cm³/mol. The molecule has 0 N–H and O–H groups in total. The lowest BCUT2D eigenvalue weighted by Gasteiger charge is -2.58. The van der Waals surface area contributed by atoms with E-state index < -0.39 is 5.82 Å². The van der Waals surface area contributed by atoms with Gasteiger partial charge in [-0.05, 0) is 57.5 Å². The molecule has 6 nitrogen and oxygen atoms in total. The number of ether oxygens (including phenoxy) is 1. The molecule has 2 aromatic rings. The van der Waals surface area contributed by atoms with Gasteiger partial charge in [0.25, 0.3) is 5.91 Å². The van der Waals surface area contributed by atoms with Crippen molar-refractivity contribution in [2.24, 2.45) is 5.92 Å². The molecule has 144 valence electrons. The molecule has 0 unspecified atom stereocenters. The lowest BCUT2D eigenvalue weighted by Crippen LogP contribution is -2.72. The third kappa shape index (κ3) is 3.32. The summed E-state index contributed by atoms with van der Waals surface area (Å²) in [6, 6.07) is 4.63. The number of likely N-dealkylation sites (tertiary alicyclic amines) is 2. The first kappa shape index (κ1) is 18.0. The number of piperidine rings is 1. The van der Waals surface area contributed by atoms with Crippen molar-refractivity contribution < 1.29 is 18.3 Å². The van der Waals surface area contributed by atoms with Crippen molar-refractivity contribution in [3.05, 3.63) is 47.8 Å². The zero-order valence-electron chi connectivity index (χ0n) is 15.7. The molecule has 0 radical (unpaired) electrons. The van der Waals surface area contributed by atoms with E-state index in [1.165, 1.54) is 12.3 Å². The molecule has 4 rings (SSSR count). The Morgan fingerprint density at radius 1 is 1.44 bits per heavy atom. The second-order valence-electron chi connectivity index (χ2n) is 7.66. The zero-order chi connectivity index (χ0) is 19.0. The topological polar surface area (TPSA) is 58.8 Å². The summed E-state index contributed by atoms with van der Waals surface area (Å²) in [4.78, 5) is 20.8. The Morgan fingerprint density at radius 3 is 2.96 bits per heavy atom. The number of pyridine rings is 1. The van der Waals surface area contributed by atoms with Gasteiger partial charge in [0.15, 0.2) is 5.82 Å². The highest BCUT2D eigenvalue weighted by Crippen LogP contribution is 2.39. The van der Waals surface area contributed by atoms with E-state index in [1.54, 1.807) is 25.3 Å². The summed E-state index contributed by atoms with van der Waals surface area (Å²) >= 11 is 0. The zero-order valence-corrected chi connectivity index (χ0v) is 15.7. The van der Waals surface area contributed by atoms with Crippen molar-refractivity contribution in [2.45, 2.75) is 25.3 Å². The Bertz CT molecular complexity index is 831. The average Bonchev–Trinajstić information content (AvgIpc) is 3.06. The number of furan rings is 1. The van der Waals surface area contributed by atoms with Crippen molar-refractivity contribution in [3.63, 3.8) is 0 Å². The van der Waals surface area contributed by atoms with Crippen LogP contribution in [0.5, 0.6) is 5.88 Å². The number of carbonyl (C=O) groups excluding carboxylic acids is 1. The van der Waals surface area contributed by atoms with E-state index in [9.17, 15) is 9.18 Å². The second kappa shape index (κ2) is 6.96. The first-order valence-corrected chi connectivity index (χ1v) is 9.26. The number of halogens is 1. The summed E-state index contributed by atoms with van der Waals surface area (Å²) in [6.45, 7) is 4.58. The highest BCUT2D eigenvalue weighted by atomic mass is 19.1. The highest BCUT2D eigenvalue weighted by Gasteiger charge is 2.51. The molecule has 2 aliphatic rings. The Kier molecular flexibility index (Phi) is 4.63. The molecule has 27 heavy (non-hydrogen) atoms. The van der Waals surface area contributed by atoms with Crippen LogP contribution in [0.4, 0.5) is 4.39 Å². The number of likely N-dealkylation sites (N-methyl/N-ethyl adjacent to an activating group) is 1. The molecule has 0 saturated carbocycles. The number of nitrogens with zero attached hydrogens (tertiary/aromatic N) is 3. The van der Waals surface area contributed by atoms with Crippen LogP contribution in [-0.2, 0) is 0 Å². The van der Waals surface area contributed by atoms with Crippen molar-refractivity contribution >= 4 is 5.91 Å². The highest BCUT2D eigenvalue weighted by molar-refractivity contribution is 5.95. The van der Waals surface area contributed by atoms with Gasteiger partial charge in [0.1, 0.15) is 5.76 Å². The standard InChI is InChI=1S/C20H24FN3O3/c1-14-16(6-9-26-14)19(25)24-12-20(13-24)10-15(5-8-23(20)2)11-27-18-17(21)4-3-7-22-18/h3-4,6-7,9,15H,5,8,10-13H2,1-2H3/t15-/m0/s1. The Balaban J connectivity index is 1.37.